The molecule has 3 atom stereocenters. The number of aromatic nitrogens is 2. The summed E-state index contributed by atoms with van der Waals surface area (Å²) in [5.74, 6) is 0.0868. The fourth-order valence-electron chi connectivity index (χ4n) is 7.09. The summed E-state index contributed by atoms with van der Waals surface area (Å²) in [5, 5.41) is 3.23. The average molecular weight is 630 g/mol. The fraction of sp³-hybridized carbons (Fsp3) is 0.486. The van der Waals surface area contributed by atoms with E-state index in [1.165, 1.54) is 12.1 Å². The van der Waals surface area contributed by atoms with Crippen molar-refractivity contribution in [1.29, 1.82) is 0 Å². The number of likely N-dealkylation sites (N-methyl/N-ethyl adjacent to an activating group) is 1. The molecule has 1 aromatic carbocycles. The van der Waals surface area contributed by atoms with Crippen LogP contribution in [0.2, 0.25) is 0 Å². The van der Waals surface area contributed by atoms with Gasteiger partial charge >= 0.3 is 6.03 Å². The second kappa shape index (κ2) is 14.0. The topological polar surface area (TPSA) is 94.1 Å². The minimum absolute atomic E-state index is 0.0202. The van der Waals surface area contributed by atoms with E-state index in [2.05, 4.69) is 34.1 Å². The van der Waals surface area contributed by atoms with Crippen LogP contribution in [-0.2, 0) is 0 Å². The van der Waals surface area contributed by atoms with Gasteiger partial charge in [-0.3, -0.25) is 9.78 Å². The van der Waals surface area contributed by atoms with Crippen LogP contribution < -0.4 is 15.0 Å². The largest absolute Gasteiger partial charge is 0.492 e. The van der Waals surface area contributed by atoms with E-state index in [4.69, 9.17) is 9.72 Å². The van der Waals surface area contributed by atoms with Crippen LogP contribution in [0, 0.1) is 5.82 Å². The Balaban J connectivity index is 1.29. The summed E-state index contributed by atoms with van der Waals surface area (Å²) in [6.07, 6.45) is 6.78. The first-order chi connectivity index (χ1) is 22.4. The first kappa shape index (κ1) is 31.7. The van der Waals surface area contributed by atoms with Crippen LogP contribution in [0.5, 0.6) is 5.75 Å². The zero-order valence-corrected chi connectivity index (χ0v) is 27.0. The molecule has 11 heteroatoms. The lowest BCUT2D eigenvalue weighted by molar-refractivity contribution is 0.0933. The highest BCUT2D eigenvalue weighted by Gasteiger charge is 2.38. The van der Waals surface area contributed by atoms with E-state index in [9.17, 15) is 14.0 Å². The molecule has 6 rings (SSSR count). The van der Waals surface area contributed by atoms with E-state index in [-0.39, 0.29) is 35.9 Å². The molecule has 0 aliphatic carbocycles. The van der Waals surface area contributed by atoms with Crippen LogP contribution in [0.3, 0.4) is 0 Å². The summed E-state index contributed by atoms with van der Waals surface area (Å²) < 4.78 is 20.2. The molecule has 3 aliphatic heterocycles. The summed E-state index contributed by atoms with van der Waals surface area (Å²) >= 11 is 0. The van der Waals surface area contributed by atoms with Gasteiger partial charge in [-0.2, -0.15) is 0 Å². The Morgan fingerprint density at radius 3 is 2.63 bits per heavy atom. The monoisotopic (exact) mass is 629 g/mol. The van der Waals surface area contributed by atoms with Gasteiger partial charge in [0.05, 0.1) is 18.3 Å². The van der Waals surface area contributed by atoms with Gasteiger partial charge in [-0.25, -0.2) is 14.2 Å². The van der Waals surface area contributed by atoms with Crippen molar-refractivity contribution in [3.8, 4) is 17.0 Å². The number of amides is 3. The predicted molar refractivity (Wildman–Crippen MR) is 175 cm³/mol. The number of carbonyl (C=O) groups is 2. The number of ether oxygens (including phenoxy) is 1. The molecule has 0 spiro atoms. The maximum Gasteiger partial charge on any atom is 0.320 e. The molecule has 46 heavy (non-hydrogen) atoms. The van der Waals surface area contributed by atoms with E-state index in [0.29, 0.717) is 55.6 Å². The number of hydrogen-bond donors (Lipinski definition) is 1. The molecule has 2 aromatic heterocycles. The van der Waals surface area contributed by atoms with Crippen molar-refractivity contribution in [1.82, 2.24) is 30.0 Å². The second-order valence-corrected chi connectivity index (χ2v) is 12.5. The quantitative estimate of drug-likeness (QED) is 0.376. The van der Waals surface area contributed by atoms with Crippen molar-refractivity contribution in [2.24, 2.45) is 0 Å². The van der Waals surface area contributed by atoms with Crippen LogP contribution in [0.4, 0.5) is 14.9 Å². The standard InChI is InChI=1S/C35H44FN7O3/c1-4-28-23-41(35(45)43-15-8-12-29(43)24-9-6-11-26(36)19-24)17-18-42(28)30-20-31(46-5-2)32(25-10-7-14-37-21-25)39-33(30)34(44)38-27-13-16-40(3)22-27/h6-7,9-11,14,19-21,27-29H,4-5,8,12-13,15-18,22-23H2,1-3H3,(H,38,44)/t27-,28-,29+/m1/s1. The normalized spacial score (nSPS) is 21.9. The number of urea groups is 1. The SMILES string of the molecule is CCOc1cc(N2CCN(C(=O)N3CCC[C@H]3c3cccc(F)c3)C[C@H]2CC)c(C(=O)N[C@@H]2CCN(C)C2)nc1-c1cccnc1. The molecule has 3 fully saturated rings. The van der Waals surface area contributed by atoms with Crippen molar-refractivity contribution >= 4 is 17.6 Å². The van der Waals surface area contributed by atoms with Crippen molar-refractivity contribution < 1.29 is 18.7 Å². The molecule has 0 saturated carbocycles. The highest BCUT2D eigenvalue weighted by atomic mass is 19.1. The Labute approximate surface area is 270 Å². The minimum Gasteiger partial charge on any atom is -0.492 e. The van der Waals surface area contributed by atoms with E-state index in [0.717, 1.165) is 49.9 Å². The molecule has 3 amide bonds. The van der Waals surface area contributed by atoms with Gasteiger partial charge in [0.15, 0.2) is 5.69 Å². The van der Waals surface area contributed by atoms with Crippen LogP contribution in [0.25, 0.3) is 11.3 Å². The highest BCUT2D eigenvalue weighted by Crippen LogP contribution is 2.37. The average Bonchev–Trinajstić information content (AvgIpc) is 3.73. The van der Waals surface area contributed by atoms with Gasteiger partial charge in [0.25, 0.3) is 5.91 Å². The van der Waals surface area contributed by atoms with Gasteiger partial charge in [-0.1, -0.05) is 19.1 Å². The summed E-state index contributed by atoms with van der Waals surface area (Å²) in [5.41, 5.74) is 3.24. The van der Waals surface area contributed by atoms with Crippen LogP contribution in [0.15, 0.2) is 54.9 Å². The molecule has 10 nitrogen and oxygen atoms in total. The maximum absolute atomic E-state index is 14.1. The lowest BCUT2D eigenvalue weighted by Gasteiger charge is -2.44. The number of nitrogens with zero attached hydrogens (tertiary/aromatic N) is 6. The van der Waals surface area contributed by atoms with Gasteiger partial charge < -0.3 is 29.7 Å². The van der Waals surface area contributed by atoms with E-state index < -0.39 is 0 Å². The lowest BCUT2D eigenvalue weighted by Crippen LogP contribution is -2.57. The first-order valence-corrected chi connectivity index (χ1v) is 16.5. The summed E-state index contributed by atoms with van der Waals surface area (Å²) in [6, 6.07) is 12.1. The fourth-order valence-corrected chi connectivity index (χ4v) is 7.09. The molecule has 5 heterocycles. The third-order valence-corrected chi connectivity index (χ3v) is 9.41. The molecule has 244 valence electrons. The number of anilines is 1. The molecule has 0 unspecified atom stereocenters. The van der Waals surface area contributed by atoms with E-state index >= 15 is 0 Å². The summed E-state index contributed by atoms with van der Waals surface area (Å²) in [6.45, 7) is 8.37. The van der Waals surface area contributed by atoms with Gasteiger partial charge in [0.1, 0.15) is 17.3 Å². The Bertz CT molecular complexity index is 1540. The number of hydrogen-bond acceptors (Lipinski definition) is 7. The Kier molecular flexibility index (Phi) is 9.67. The zero-order valence-electron chi connectivity index (χ0n) is 27.0. The number of nitrogens with one attached hydrogen (secondary N) is 1. The zero-order chi connectivity index (χ0) is 32.2. The van der Waals surface area contributed by atoms with Crippen molar-refractivity contribution in [2.75, 3.05) is 57.8 Å². The maximum atomic E-state index is 14.1. The predicted octanol–water partition coefficient (Wildman–Crippen LogP) is 4.97. The van der Waals surface area contributed by atoms with Crippen LogP contribution in [0.1, 0.15) is 61.6 Å². The Hall–Kier alpha value is -4.25. The third-order valence-electron chi connectivity index (χ3n) is 9.41. The lowest BCUT2D eigenvalue weighted by atomic mass is 10.0. The molecule has 0 bridgehead atoms. The van der Waals surface area contributed by atoms with Gasteiger partial charge in [-0.05, 0) is 76.0 Å². The van der Waals surface area contributed by atoms with Crippen molar-refractivity contribution in [3.05, 3.63) is 71.9 Å². The summed E-state index contributed by atoms with van der Waals surface area (Å²) in [7, 11) is 2.06. The van der Waals surface area contributed by atoms with Crippen LogP contribution >= 0.6 is 0 Å². The number of carbonyl (C=O) groups excluding carboxylic acids is 2. The highest BCUT2D eigenvalue weighted by molar-refractivity contribution is 5.99. The van der Waals surface area contributed by atoms with Crippen molar-refractivity contribution in [2.45, 2.75) is 57.7 Å². The van der Waals surface area contributed by atoms with Gasteiger partial charge in [0, 0.05) is 68.8 Å². The van der Waals surface area contributed by atoms with Gasteiger partial charge in [0.2, 0.25) is 0 Å². The molecule has 3 aromatic rings. The Morgan fingerprint density at radius 1 is 1.04 bits per heavy atom. The second-order valence-electron chi connectivity index (χ2n) is 12.5. The number of likely N-dealkylation sites (tertiary alicyclic amines) is 2. The number of benzene rings is 1. The number of pyridine rings is 2. The van der Waals surface area contributed by atoms with E-state index in [1.807, 2.05) is 41.0 Å². The third kappa shape index (κ3) is 6.65. The van der Waals surface area contributed by atoms with Gasteiger partial charge in [-0.15, -0.1) is 0 Å². The number of halogens is 1. The van der Waals surface area contributed by atoms with Crippen molar-refractivity contribution in [3.63, 3.8) is 0 Å². The van der Waals surface area contributed by atoms with Crippen LogP contribution in [-0.4, -0.2) is 102 Å². The number of rotatable bonds is 8. The number of piperazine rings is 1. The minimum atomic E-state index is -0.286. The summed E-state index contributed by atoms with van der Waals surface area (Å²) in [4.78, 5) is 45.4. The smallest absolute Gasteiger partial charge is 0.320 e. The molecule has 3 saturated heterocycles. The molecular formula is C35H44FN7O3. The Morgan fingerprint density at radius 2 is 1.91 bits per heavy atom. The molecular weight excluding hydrogens is 585 g/mol. The first-order valence-electron chi connectivity index (χ1n) is 16.5. The molecule has 3 aliphatic rings. The van der Waals surface area contributed by atoms with E-state index in [1.54, 1.807) is 18.5 Å². The molecule has 1 N–H and O–H groups in total. The molecule has 0 radical (unpaired) electrons.